The Balaban J connectivity index is 2.75. The summed E-state index contributed by atoms with van der Waals surface area (Å²) in [5.41, 5.74) is 2.43. The van der Waals surface area contributed by atoms with Gasteiger partial charge in [-0.1, -0.05) is 24.6 Å². The van der Waals surface area contributed by atoms with Gasteiger partial charge in [0.1, 0.15) is 0 Å². The molecule has 0 aliphatic rings. The standard InChI is InChI=1S/C13H19NO3S/c1-4-7-18(16,17)14-9-13(15)12-8-10(2)5-6-11(12)3/h5-6,8,14H,4,7,9H2,1-3H3. The molecule has 0 atom stereocenters. The number of hydrogen-bond donors (Lipinski definition) is 1. The Morgan fingerprint density at radius 3 is 2.56 bits per heavy atom. The lowest BCUT2D eigenvalue weighted by Crippen LogP contribution is -2.31. The second-order valence-corrected chi connectivity index (χ2v) is 6.31. The fourth-order valence-electron chi connectivity index (χ4n) is 1.65. The highest BCUT2D eigenvalue weighted by molar-refractivity contribution is 7.89. The second kappa shape index (κ2) is 6.11. The lowest BCUT2D eigenvalue weighted by Gasteiger charge is -2.08. The normalized spacial score (nSPS) is 11.5. The van der Waals surface area contributed by atoms with Crippen molar-refractivity contribution >= 4 is 15.8 Å². The van der Waals surface area contributed by atoms with Gasteiger partial charge in [-0.25, -0.2) is 13.1 Å². The van der Waals surface area contributed by atoms with E-state index in [2.05, 4.69) is 4.72 Å². The van der Waals surface area contributed by atoms with Crippen molar-refractivity contribution in [2.24, 2.45) is 0 Å². The molecular formula is C13H19NO3S. The van der Waals surface area contributed by atoms with E-state index in [0.29, 0.717) is 12.0 Å². The number of nitrogens with one attached hydrogen (secondary N) is 1. The average molecular weight is 269 g/mol. The minimum atomic E-state index is -3.33. The fourth-order valence-corrected chi connectivity index (χ4v) is 2.68. The molecule has 0 aromatic heterocycles. The highest BCUT2D eigenvalue weighted by Crippen LogP contribution is 2.11. The van der Waals surface area contributed by atoms with E-state index in [0.717, 1.165) is 11.1 Å². The van der Waals surface area contributed by atoms with E-state index in [1.807, 2.05) is 26.0 Å². The number of sulfonamides is 1. The molecule has 0 heterocycles. The zero-order valence-electron chi connectivity index (χ0n) is 11.0. The molecule has 4 nitrogen and oxygen atoms in total. The summed E-state index contributed by atoms with van der Waals surface area (Å²) >= 11 is 0. The number of ketones is 1. The molecule has 0 saturated heterocycles. The van der Waals surface area contributed by atoms with Crippen LogP contribution in [0.4, 0.5) is 0 Å². The van der Waals surface area contributed by atoms with Crippen molar-refractivity contribution in [2.45, 2.75) is 27.2 Å². The van der Waals surface area contributed by atoms with Gasteiger partial charge < -0.3 is 0 Å². The number of Topliss-reactive ketones (excluding diaryl/α,β-unsaturated/α-hetero) is 1. The Morgan fingerprint density at radius 1 is 1.28 bits per heavy atom. The first kappa shape index (κ1) is 14.9. The van der Waals surface area contributed by atoms with E-state index < -0.39 is 10.0 Å². The van der Waals surface area contributed by atoms with Crippen LogP contribution in [0.1, 0.15) is 34.8 Å². The molecular weight excluding hydrogens is 250 g/mol. The number of aryl methyl sites for hydroxylation is 2. The van der Waals surface area contributed by atoms with Gasteiger partial charge in [-0.3, -0.25) is 4.79 Å². The van der Waals surface area contributed by atoms with Gasteiger partial charge in [0.15, 0.2) is 5.78 Å². The molecule has 0 radical (unpaired) electrons. The van der Waals surface area contributed by atoms with Crippen molar-refractivity contribution in [1.82, 2.24) is 4.72 Å². The fraction of sp³-hybridized carbons (Fsp3) is 0.462. The van der Waals surface area contributed by atoms with Crippen LogP contribution >= 0.6 is 0 Å². The topological polar surface area (TPSA) is 63.2 Å². The van der Waals surface area contributed by atoms with Gasteiger partial charge in [0.2, 0.25) is 10.0 Å². The molecule has 100 valence electrons. The quantitative estimate of drug-likeness (QED) is 0.801. The number of benzene rings is 1. The largest absolute Gasteiger partial charge is 0.293 e. The van der Waals surface area contributed by atoms with Crippen LogP contribution in [0.15, 0.2) is 18.2 Å². The van der Waals surface area contributed by atoms with Crippen LogP contribution < -0.4 is 4.72 Å². The minimum absolute atomic E-state index is 0.0487. The molecule has 0 bridgehead atoms. The monoisotopic (exact) mass is 269 g/mol. The van der Waals surface area contributed by atoms with Crippen molar-refractivity contribution in [3.63, 3.8) is 0 Å². The van der Waals surface area contributed by atoms with Crippen LogP contribution in [0.3, 0.4) is 0 Å². The second-order valence-electron chi connectivity index (χ2n) is 4.38. The average Bonchev–Trinajstić information content (AvgIpc) is 2.29. The lowest BCUT2D eigenvalue weighted by molar-refractivity contribution is 0.0996. The first-order chi connectivity index (χ1) is 8.35. The third-order valence-electron chi connectivity index (χ3n) is 2.62. The van der Waals surface area contributed by atoms with Crippen molar-refractivity contribution in [3.8, 4) is 0 Å². The smallest absolute Gasteiger partial charge is 0.211 e. The number of rotatable bonds is 6. The van der Waals surface area contributed by atoms with Gasteiger partial charge in [0, 0.05) is 5.56 Å². The molecule has 1 aromatic rings. The number of carbonyl (C=O) groups is 1. The molecule has 1 rings (SSSR count). The van der Waals surface area contributed by atoms with Gasteiger partial charge in [-0.15, -0.1) is 0 Å². The molecule has 5 heteroatoms. The Morgan fingerprint density at radius 2 is 1.94 bits per heavy atom. The lowest BCUT2D eigenvalue weighted by atomic mass is 10.0. The molecule has 0 aliphatic carbocycles. The van der Waals surface area contributed by atoms with Gasteiger partial charge >= 0.3 is 0 Å². The van der Waals surface area contributed by atoms with Crippen molar-refractivity contribution in [2.75, 3.05) is 12.3 Å². The number of carbonyl (C=O) groups excluding carboxylic acids is 1. The predicted octanol–water partition coefficient (Wildman–Crippen LogP) is 1.82. The number of hydrogen-bond acceptors (Lipinski definition) is 3. The molecule has 0 spiro atoms. The van der Waals surface area contributed by atoms with Crippen LogP contribution in [-0.2, 0) is 10.0 Å². The zero-order valence-corrected chi connectivity index (χ0v) is 11.8. The molecule has 0 saturated carbocycles. The summed E-state index contributed by atoms with van der Waals surface area (Å²) in [5.74, 6) is -0.150. The summed E-state index contributed by atoms with van der Waals surface area (Å²) in [5, 5.41) is 0. The van der Waals surface area contributed by atoms with E-state index in [1.54, 1.807) is 13.0 Å². The zero-order chi connectivity index (χ0) is 13.8. The molecule has 0 amide bonds. The molecule has 1 N–H and O–H groups in total. The summed E-state index contributed by atoms with van der Waals surface area (Å²) in [7, 11) is -3.33. The van der Waals surface area contributed by atoms with E-state index in [4.69, 9.17) is 0 Å². The van der Waals surface area contributed by atoms with Crippen LogP contribution in [0.5, 0.6) is 0 Å². The molecule has 0 unspecified atom stereocenters. The van der Waals surface area contributed by atoms with Crippen molar-refractivity contribution < 1.29 is 13.2 Å². The summed E-state index contributed by atoms with van der Waals surface area (Å²) in [6.07, 6.45) is 0.535. The maximum atomic E-state index is 11.9. The third-order valence-corrected chi connectivity index (χ3v) is 4.15. The Hall–Kier alpha value is -1.20. The summed E-state index contributed by atoms with van der Waals surface area (Å²) in [6.45, 7) is 5.35. The van der Waals surface area contributed by atoms with Crippen LogP contribution in [0.25, 0.3) is 0 Å². The maximum Gasteiger partial charge on any atom is 0.211 e. The Bertz CT molecular complexity index is 535. The van der Waals surface area contributed by atoms with Crippen LogP contribution in [0, 0.1) is 13.8 Å². The Kier molecular flexibility index (Phi) is 5.04. The molecule has 18 heavy (non-hydrogen) atoms. The first-order valence-electron chi connectivity index (χ1n) is 5.93. The maximum absolute atomic E-state index is 11.9. The van der Waals surface area contributed by atoms with E-state index in [-0.39, 0.29) is 18.1 Å². The van der Waals surface area contributed by atoms with Crippen molar-refractivity contribution in [3.05, 3.63) is 34.9 Å². The SMILES string of the molecule is CCCS(=O)(=O)NCC(=O)c1cc(C)ccc1C. The summed E-state index contributed by atoms with van der Waals surface area (Å²) in [6, 6.07) is 5.57. The molecule has 0 fully saturated rings. The predicted molar refractivity (Wildman–Crippen MR) is 72.3 cm³/mol. The first-order valence-corrected chi connectivity index (χ1v) is 7.58. The van der Waals surface area contributed by atoms with E-state index in [1.165, 1.54) is 0 Å². The van der Waals surface area contributed by atoms with Crippen LogP contribution in [0.2, 0.25) is 0 Å². The van der Waals surface area contributed by atoms with Crippen molar-refractivity contribution in [1.29, 1.82) is 0 Å². The highest BCUT2D eigenvalue weighted by Gasteiger charge is 2.14. The van der Waals surface area contributed by atoms with Crippen LogP contribution in [-0.4, -0.2) is 26.5 Å². The summed E-state index contributed by atoms with van der Waals surface area (Å²) in [4.78, 5) is 11.9. The third kappa shape index (κ3) is 4.23. The highest BCUT2D eigenvalue weighted by atomic mass is 32.2. The summed E-state index contributed by atoms with van der Waals surface area (Å²) < 4.78 is 25.2. The minimum Gasteiger partial charge on any atom is -0.293 e. The van der Waals surface area contributed by atoms with Gasteiger partial charge in [0.05, 0.1) is 12.3 Å². The van der Waals surface area contributed by atoms with E-state index >= 15 is 0 Å². The molecule has 0 aliphatic heterocycles. The van der Waals surface area contributed by atoms with Gasteiger partial charge in [-0.2, -0.15) is 0 Å². The molecule has 1 aromatic carbocycles. The van der Waals surface area contributed by atoms with E-state index in [9.17, 15) is 13.2 Å². The van der Waals surface area contributed by atoms with Gasteiger partial charge in [0.25, 0.3) is 0 Å². The Labute approximate surface area is 108 Å². The van der Waals surface area contributed by atoms with Gasteiger partial charge in [-0.05, 0) is 31.9 Å².